The first-order valence-electron chi connectivity index (χ1n) is 9.03. The Morgan fingerprint density at radius 3 is 2.85 bits per heavy atom. The van der Waals surface area contributed by atoms with Crippen LogP contribution in [0.15, 0.2) is 60.9 Å². The Morgan fingerprint density at radius 2 is 2.11 bits per heavy atom. The van der Waals surface area contributed by atoms with Crippen molar-refractivity contribution in [1.29, 1.82) is 0 Å². The minimum Gasteiger partial charge on any atom is -0.444 e. The molecule has 1 N–H and O–H groups in total. The van der Waals surface area contributed by atoms with Gasteiger partial charge in [0, 0.05) is 35.8 Å². The number of pyridine rings is 1. The van der Waals surface area contributed by atoms with Crippen LogP contribution in [0.1, 0.15) is 24.5 Å². The van der Waals surface area contributed by atoms with Crippen molar-refractivity contribution < 1.29 is 14.3 Å². The number of benzene rings is 1. The van der Waals surface area contributed by atoms with Gasteiger partial charge in [0.25, 0.3) is 0 Å². The summed E-state index contributed by atoms with van der Waals surface area (Å²) in [5.74, 6) is 0.309. The number of rotatable bonds is 2. The molecule has 0 saturated carbocycles. The van der Waals surface area contributed by atoms with E-state index in [1.807, 2.05) is 55.5 Å². The first-order valence-corrected chi connectivity index (χ1v) is 9.03. The van der Waals surface area contributed by atoms with E-state index in [0.717, 1.165) is 11.1 Å². The number of amides is 2. The molecule has 0 bridgehead atoms. The van der Waals surface area contributed by atoms with Crippen LogP contribution in [0.5, 0.6) is 0 Å². The van der Waals surface area contributed by atoms with Gasteiger partial charge >= 0.3 is 6.09 Å². The quantitative estimate of drug-likeness (QED) is 0.887. The number of fused-ring (bicyclic) bond motifs is 2. The molecule has 2 atom stereocenters. The number of nitrogens with zero attached hydrogens (tertiary/aromatic N) is 2. The van der Waals surface area contributed by atoms with E-state index in [0.29, 0.717) is 18.8 Å². The fourth-order valence-electron chi connectivity index (χ4n) is 3.80. The van der Waals surface area contributed by atoms with Crippen LogP contribution in [-0.4, -0.2) is 28.4 Å². The van der Waals surface area contributed by atoms with Gasteiger partial charge in [-0.25, -0.2) is 9.78 Å². The molecule has 0 radical (unpaired) electrons. The van der Waals surface area contributed by atoms with Crippen molar-refractivity contribution >= 4 is 17.8 Å². The highest BCUT2D eigenvalue weighted by Gasteiger charge is 2.46. The molecule has 0 aliphatic carbocycles. The highest BCUT2D eigenvalue weighted by atomic mass is 16.6. The number of hydrogen-bond acceptors (Lipinski definition) is 4. The molecule has 2 unspecified atom stereocenters. The van der Waals surface area contributed by atoms with Crippen LogP contribution in [0, 0.1) is 5.92 Å². The Hall–Kier alpha value is -3.15. The van der Waals surface area contributed by atoms with Gasteiger partial charge in [-0.1, -0.05) is 49.4 Å². The first-order chi connectivity index (χ1) is 13.1. The van der Waals surface area contributed by atoms with Crippen LogP contribution in [0.3, 0.4) is 0 Å². The fraction of sp³-hybridized carbons (Fsp3) is 0.286. The van der Waals surface area contributed by atoms with Gasteiger partial charge in [0.05, 0.1) is 0 Å². The van der Waals surface area contributed by atoms with Crippen LogP contribution in [0.4, 0.5) is 10.6 Å². The average Bonchev–Trinajstić information content (AvgIpc) is 2.72. The monoisotopic (exact) mass is 363 g/mol. The van der Waals surface area contributed by atoms with Gasteiger partial charge in [0.2, 0.25) is 5.91 Å². The highest BCUT2D eigenvalue weighted by Crippen LogP contribution is 2.45. The molecule has 1 spiro atoms. The number of anilines is 1. The summed E-state index contributed by atoms with van der Waals surface area (Å²) in [5.41, 5.74) is 1.48. The lowest BCUT2D eigenvalue weighted by Crippen LogP contribution is -2.48. The zero-order valence-corrected chi connectivity index (χ0v) is 15.1. The summed E-state index contributed by atoms with van der Waals surface area (Å²) in [4.78, 5) is 30.7. The van der Waals surface area contributed by atoms with Gasteiger partial charge < -0.3 is 10.1 Å². The molecule has 6 heteroatoms. The van der Waals surface area contributed by atoms with Crippen molar-refractivity contribution in [2.75, 3.05) is 11.9 Å². The van der Waals surface area contributed by atoms with Gasteiger partial charge in [-0.05, 0) is 18.1 Å². The maximum atomic E-state index is 12.4. The fourth-order valence-corrected chi connectivity index (χ4v) is 3.80. The number of carbonyl (C=O) groups excluding carboxylic acids is 2. The predicted molar refractivity (Wildman–Crippen MR) is 101 cm³/mol. The number of allylic oxidation sites excluding steroid dienone is 1. The Morgan fingerprint density at radius 1 is 1.30 bits per heavy atom. The minimum absolute atomic E-state index is 0.0500. The lowest BCUT2D eigenvalue weighted by molar-refractivity contribution is -0.121. The molecule has 1 aromatic carbocycles. The minimum atomic E-state index is -0.456. The van der Waals surface area contributed by atoms with E-state index in [2.05, 4.69) is 10.3 Å². The smallest absolute Gasteiger partial charge is 0.414 e. The van der Waals surface area contributed by atoms with Gasteiger partial charge in [-0.15, -0.1) is 0 Å². The van der Waals surface area contributed by atoms with E-state index < -0.39 is 5.41 Å². The molecule has 1 aromatic heterocycles. The normalized spacial score (nSPS) is 23.7. The Kier molecular flexibility index (Phi) is 4.39. The number of hydrogen-bond donors (Lipinski definition) is 1. The van der Waals surface area contributed by atoms with E-state index in [1.54, 1.807) is 17.3 Å². The van der Waals surface area contributed by atoms with Crippen molar-refractivity contribution in [3.05, 3.63) is 72.1 Å². The van der Waals surface area contributed by atoms with Crippen LogP contribution in [0.25, 0.3) is 0 Å². The van der Waals surface area contributed by atoms with Crippen LogP contribution in [0.2, 0.25) is 0 Å². The molecule has 0 saturated heterocycles. The molecule has 0 fully saturated rings. The van der Waals surface area contributed by atoms with E-state index in [-0.39, 0.29) is 24.5 Å². The molecule has 3 heterocycles. The largest absolute Gasteiger partial charge is 0.444 e. The molecule has 2 aliphatic rings. The third-order valence-corrected chi connectivity index (χ3v) is 5.47. The second-order valence-electron chi connectivity index (χ2n) is 6.95. The molecule has 138 valence electrons. The first kappa shape index (κ1) is 17.3. The standard InChI is InChI=1S/C21H21N3O3/c1-15-19(25)23-18-17(8-5-11-22-18)21(15)9-12-24(13-10-21)20(26)27-14-16-6-3-2-4-7-16/h2-9,11-12,15H,10,13-14H2,1H3,(H,22,23,25). The number of nitrogens with one attached hydrogen (secondary N) is 1. The second kappa shape index (κ2) is 6.87. The molecule has 6 nitrogen and oxygen atoms in total. The third-order valence-electron chi connectivity index (χ3n) is 5.47. The van der Waals surface area contributed by atoms with E-state index >= 15 is 0 Å². The lowest BCUT2D eigenvalue weighted by Gasteiger charge is -2.43. The summed E-state index contributed by atoms with van der Waals surface area (Å²) in [7, 11) is 0. The highest BCUT2D eigenvalue weighted by molar-refractivity contribution is 5.96. The second-order valence-corrected chi connectivity index (χ2v) is 6.95. The summed E-state index contributed by atoms with van der Waals surface area (Å²) >= 11 is 0. The van der Waals surface area contributed by atoms with Crippen LogP contribution >= 0.6 is 0 Å². The summed E-state index contributed by atoms with van der Waals surface area (Å²) in [6, 6.07) is 13.4. The van der Waals surface area contributed by atoms with Crippen molar-refractivity contribution in [1.82, 2.24) is 9.88 Å². The molecule has 2 amide bonds. The van der Waals surface area contributed by atoms with Crippen molar-refractivity contribution in [3.63, 3.8) is 0 Å². The molecule has 4 rings (SSSR count). The van der Waals surface area contributed by atoms with E-state index in [4.69, 9.17) is 4.74 Å². The lowest BCUT2D eigenvalue weighted by atomic mass is 9.65. The van der Waals surface area contributed by atoms with Crippen molar-refractivity contribution in [2.45, 2.75) is 25.4 Å². The van der Waals surface area contributed by atoms with Gasteiger partial charge in [-0.3, -0.25) is 9.69 Å². The number of aromatic nitrogens is 1. The zero-order chi connectivity index (χ0) is 18.9. The maximum absolute atomic E-state index is 12.4. The van der Waals surface area contributed by atoms with Crippen LogP contribution in [-0.2, 0) is 21.6 Å². The van der Waals surface area contributed by atoms with Gasteiger partial charge in [-0.2, -0.15) is 0 Å². The summed E-state index contributed by atoms with van der Waals surface area (Å²) in [6.45, 7) is 2.63. The molecular weight excluding hydrogens is 342 g/mol. The van der Waals surface area contributed by atoms with E-state index in [1.165, 1.54) is 0 Å². The summed E-state index contributed by atoms with van der Waals surface area (Å²) in [5, 5.41) is 2.86. The maximum Gasteiger partial charge on any atom is 0.414 e. The predicted octanol–water partition coefficient (Wildman–Crippen LogP) is 3.46. The molecule has 2 aromatic rings. The molecule has 2 aliphatic heterocycles. The number of carbonyl (C=O) groups is 2. The topological polar surface area (TPSA) is 71.5 Å². The Labute approximate surface area is 157 Å². The Bertz CT molecular complexity index is 897. The average molecular weight is 363 g/mol. The summed E-state index contributed by atoms with van der Waals surface area (Å²) in [6.07, 6.45) is 5.61. The molecule has 27 heavy (non-hydrogen) atoms. The Balaban J connectivity index is 1.52. The number of ether oxygens (including phenoxy) is 1. The zero-order valence-electron chi connectivity index (χ0n) is 15.1. The SMILES string of the molecule is CC1C(=O)Nc2ncccc2C12C=CN(C(=O)OCc1ccccc1)CC2. The van der Waals surface area contributed by atoms with Gasteiger partial charge in [0.15, 0.2) is 0 Å². The summed E-state index contributed by atoms with van der Waals surface area (Å²) < 4.78 is 5.40. The van der Waals surface area contributed by atoms with Crippen molar-refractivity contribution in [3.8, 4) is 0 Å². The van der Waals surface area contributed by atoms with Crippen LogP contribution < -0.4 is 5.32 Å². The third kappa shape index (κ3) is 3.07. The van der Waals surface area contributed by atoms with Crippen molar-refractivity contribution in [2.24, 2.45) is 5.92 Å². The van der Waals surface area contributed by atoms with E-state index in [9.17, 15) is 9.59 Å². The van der Waals surface area contributed by atoms with Gasteiger partial charge in [0.1, 0.15) is 12.4 Å². The molecular formula is C21H21N3O3.